The highest BCUT2D eigenvalue weighted by molar-refractivity contribution is 6.53. The Hall–Kier alpha value is 0.291. The summed E-state index contributed by atoms with van der Waals surface area (Å²) < 4.78 is 49.6. The zero-order valence-corrected chi connectivity index (χ0v) is 29.3. The molecule has 0 fully saturated rings. The molecule has 0 rings (SSSR count). The van der Waals surface area contributed by atoms with Crippen molar-refractivity contribution in [3.05, 3.63) is 0 Å². The lowest BCUT2D eigenvalue weighted by atomic mass is 10.4. The van der Waals surface area contributed by atoms with Gasteiger partial charge in [-0.15, -0.1) is 0 Å². The first-order valence-electron chi connectivity index (χ1n) is 14.0. The van der Waals surface area contributed by atoms with E-state index in [9.17, 15) is 0 Å². The van der Waals surface area contributed by atoms with Crippen molar-refractivity contribution in [1.82, 2.24) is 0 Å². The second kappa shape index (κ2) is 31.5. The minimum atomic E-state index is -2.88. The topological polar surface area (TPSA) is 83.1 Å². The molecule has 0 aliphatic carbocycles. The first-order chi connectivity index (χ1) is 17.4. The van der Waals surface area contributed by atoms with Crippen LogP contribution in [0.15, 0.2) is 0 Å². The fourth-order valence-corrected chi connectivity index (χ4v) is 6.92. The van der Waals surface area contributed by atoms with Crippen molar-refractivity contribution in [3.63, 3.8) is 0 Å². The SMILES string of the molecule is CCCCO[SiH3].CCCO[Si](OCCC)(OCCC)OCCC.CCO[Si](OCC)(OCC)OCC. The van der Waals surface area contributed by atoms with E-state index in [1.54, 1.807) is 0 Å². The van der Waals surface area contributed by atoms with E-state index >= 15 is 0 Å². The van der Waals surface area contributed by atoms with Gasteiger partial charge in [-0.05, 0) is 59.8 Å². The summed E-state index contributed by atoms with van der Waals surface area (Å²) in [6, 6.07) is 0. The fraction of sp³-hybridized carbons (Fsp3) is 1.00. The van der Waals surface area contributed by atoms with Crippen molar-refractivity contribution in [3.8, 4) is 0 Å². The highest BCUT2D eigenvalue weighted by Crippen LogP contribution is 2.14. The minimum Gasteiger partial charge on any atom is -0.428 e. The summed E-state index contributed by atoms with van der Waals surface area (Å²) in [4.78, 5) is 0. The third-order valence-electron chi connectivity index (χ3n) is 3.92. The van der Waals surface area contributed by atoms with Gasteiger partial charge in [-0.1, -0.05) is 41.0 Å². The number of unbranched alkanes of at least 4 members (excludes halogenated alkanes) is 1. The van der Waals surface area contributed by atoms with Crippen LogP contribution < -0.4 is 0 Å². The normalized spacial score (nSPS) is 11.6. The monoisotopic (exact) mass is 576 g/mol. The number of hydrogen-bond acceptors (Lipinski definition) is 9. The fourth-order valence-electron chi connectivity index (χ4n) is 2.40. The van der Waals surface area contributed by atoms with Crippen LogP contribution >= 0.6 is 0 Å². The van der Waals surface area contributed by atoms with Crippen molar-refractivity contribution in [2.24, 2.45) is 0 Å². The van der Waals surface area contributed by atoms with Crippen LogP contribution in [-0.4, -0.2) is 88.0 Å². The predicted octanol–water partition coefficient (Wildman–Crippen LogP) is 4.78. The molecule has 0 amide bonds. The predicted molar refractivity (Wildman–Crippen MR) is 154 cm³/mol. The minimum absolute atomic E-state index is 0.548. The molecule has 36 heavy (non-hydrogen) atoms. The average Bonchev–Trinajstić information content (AvgIpc) is 2.88. The van der Waals surface area contributed by atoms with Gasteiger partial charge in [-0.25, -0.2) is 0 Å². The molecular weight excluding hydrogens is 517 g/mol. The third-order valence-corrected chi connectivity index (χ3v) is 9.13. The van der Waals surface area contributed by atoms with Gasteiger partial charge in [-0.3, -0.25) is 0 Å². The molecule has 12 heteroatoms. The lowest BCUT2D eigenvalue weighted by molar-refractivity contribution is -0.0347. The van der Waals surface area contributed by atoms with E-state index in [2.05, 4.69) is 34.6 Å². The zero-order valence-electron chi connectivity index (χ0n) is 25.3. The van der Waals surface area contributed by atoms with Gasteiger partial charge >= 0.3 is 18.1 Å². The molecule has 0 saturated carbocycles. The Morgan fingerprint density at radius 3 is 0.833 bits per heavy atom. The highest BCUT2D eigenvalue weighted by Gasteiger charge is 2.45. The smallest absolute Gasteiger partial charge is 0.428 e. The molecule has 9 nitrogen and oxygen atoms in total. The molecule has 0 heterocycles. The van der Waals surface area contributed by atoms with Crippen LogP contribution in [0.4, 0.5) is 0 Å². The molecule has 0 radical (unpaired) electrons. The van der Waals surface area contributed by atoms with Crippen LogP contribution in [0, 0.1) is 0 Å². The molecule has 0 unspecified atom stereocenters. The van der Waals surface area contributed by atoms with E-state index in [1.165, 1.54) is 12.8 Å². The molecule has 0 aliphatic rings. The van der Waals surface area contributed by atoms with Crippen molar-refractivity contribution >= 4 is 28.6 Å². The van der Waals surface area contributed by atoms with Gasteiger partial charge in [0, 0.05) is 59.5 Å². The molecule has 0 aromatic carbocycles. The lowest BCUT2D eigenvalue weighted by Gasteiger charge is -2.27. The van der Waals surface area contributed by atoms with Crippen molar-refractivity contribution in [1.29, 1.82) is 0 Å². The van der Waals surface area contributed by atoms with Crippen LogP contribution in [-0.2, 0) is 39.8 Å². The van der Waals surface area contributed by atoms with E-state index < -0.39 is 18.1 Å². The summed E-state index contributed by atoms with van der Waals surface area (Å²) in [6.07, 6.45) is 6.24. The summed E-state index contributed by atoms with van der Waals surface area (Å²) in [7, 11) is -4.77. The van der Waals surface area contributed by atoms with Gasteiger partial charge in [0.1, 0.15) is 10.5 Å². The Bertz CT molecular complexity index is 340. The van der Waals surface area contributed by atoms with E-state index in [4.69, 9.17) is 39.8 Å². The number of hydrogen-bond donors (Lipinski definition) is 0. The van der Waals surface area contributed by atoms with Gasteiger partial charge in [0.05, 0.1) is 0 Å². The summed E-state index contributed by atoms with van der Waals surface area (Å²) in [6.45, 7) is 23.7. The summed E-state index contributed by atoms with van der Waals surface area (Å²) in [5.41, 5.74) is 0. The van der Waals surface area contributed by atoms with E-state index in [0.29, 0.717) is 52.9 Å². The summed E-state index contributed by atoms with van der Waals surface area (Å²) >= 11 is 0. The van der Waals surface area contributed by atoms with Crippen LogP contribution in [0.3, 0.4) is 0 Å². The maximum atomic E-state index is 5.76. The molecule has 0 aliphatic heterocycles. The molecule has 0 spiro atoms. The molecule has 222 valence electrons. The second-order valence-electron chi connectivity index (χ2n) is 7.47. The van der Waals surface area contributed by atoms with E-state index in [0.717, 1.165) is 42.8 Å². The standard InChI is InChI=1S/C12H28O4Si.C8H20O4Si.C4H12OSi/c1-5-9-13-17(14-10-6-2,15-11-7-3)16-12-8-4;1-5-9-13(10-6-2,11-7-3)12-8-4;1-2-3-4-5-6/h5-12H2,1-4H3;5-8H2,1-4H3;2-4H2,1,6H3. The Kier molecular flexibility index (Phi) is 35.7. The van der Waals surface area contributed by atoms with Gasteiger partial charge in [0.2, 0.25) is 0 Å². The highest BCUT2D eigenvalue weighted by atomic mass is 28.4. The molecular formula is C24H60O9Si3. The van der Waals surface area contributed by atoms with Crippen LogP contribution in [0.2, 0.25) is 0 Å². The van der Waals surface area contributed by atoms with Crippen LogP contribution in [0.1, 0.15) is 101 Å². The quantitative estimate of drug-likeness (QED) is 0.126. The molecule has 0 aromatic rings. The zero-order chi connectivity index (χ0) is 28.0. The Balaban J connectivity index is -0.000000505. The number of rotatable bonds is 23. The first-order valence-corrected chi connectivity index (χ1v) is 18.1. The molecule has 0 bridgehead atoms. The lowest BCUT2D eigenvalue weighted by Crippen LogP contribution is -2.50. The second-order valence-corrected chi connectivity index (χ2v) is 12.4. The molecule has 0 N–H and O–H groups in total. The molecule has 0 saturated heterocycles. The Morgan fingerprint density at radius 2 is 0.667 bits per heavy atom. The molecule has 0 atom stereocenters. The van der Waals surface area contributed by atoms with Gasteiger partial charge in [0.15, 0.2) is 0 Å². The van der Waals surface area contributed by atoms with Gasteiger partial charge in [0.25, 0.3) is 0 Å². The maximum Gasteiger partial charge on any atom is 0.679 e. The Labute approximate surface area is 228 Å². The molecule has 0 aromatic heterocycles. The first kappa shape index (κ1) is 40.8. The van der Waals surface area contributed by atoms with Crippen molar-refractivity contribution < 1.29 is 39.8 Å². The Morgan fingerprint density at radius 1 is 0.389 bits per heavy atom. The summed E-state index contributed by atoms with van der Waals surface area (Å²) in [5, 5.41) is 0. The van der Waals surface area contributed by atoms with Crippen LogP contribution in [0.25, 0.3) is 0 Å². The van der Waals surface area contributed by atoms with Crippen molar-refractivity contribution in [2.75, 3.05) is 59.5 Å². The summed E-state index contributed by atoms with van der Waals surface area (Å²) in [5.74, 6) is 0. The van der Waals surface area contributed by atoms with Gasteiger partial charge < -0.3 is 39.8 Å². The van der Waals surface area contributed by atoms with E-state index in [1.807, 2.05) is 27.7 Å². The maximum absolute atomic E-state index is 5.76. The average molecular weight is 577 g/mol. The van der Waals surface area contributed by atoms with Gasteiger partial charge in [-0.2, -0.15) is 0 Å². The largest absolute Gasteiger partial charge is 0.679 e. The third kappa shape index (κ3) is 24.6. The van der Waals surface area contributed by atoms with Crippen molar-refractivity contribution in [2.45, 2.75) is 101 Å². The van der Waals surface area contributed by atoms with Crippen LogP contribution in [0.5, 0.6) is 0 Å². The van der Waals surface area contributed by atoms with E-state index in [-0.39, 0.29) is 0 Å².